The number of carbonyl (C=O) groups excluding carboxylic acids is 1. The van der Waals surface area contributed by atoms with E-state index in [0.717, 1.165) is 0 Å². The number of furan rings is 1. The van der Waals surface area contributed by atoms with E-state index in [9.17, 15) is 4.79 Å². The van der Waals surface area contributed by atoms with E-state index in [-0.39, 0.29) is 5.91 Å². The molecule has 17 heavy (non-hydrogen) atoms. The van der Waals surface area contributed by atoms with Gasteiger partial charge in [0.2, 0.25) is 0 Å². The Morgan fingerprint density at radius 3 is 3.06 bits per heavy atom. The molecule has 1 aliphatic heterocycles. The molecule has 0 saturated carbocycles. The molecule has 0 saturated heterocycles. The Labute approximate surface area is 95.7 Å². The van der Waals surface area contributed by atoms with E-state index in [4.69, 9.17) is 8.94 Å². The van der Waals surface area contributed by atoms with E-state index in [1.165, 1.54) is 18.7 Å². The molecular formula is C11H7N3O3. The Balaban J connectivity index is 1.93. The lowest BCUT2D eigenvalue weighted by atomic mass is 10.1. The normalized spacial score (nSPS) is 18.8. The average molecular weight is 229 g/mol. The molecule has 0 fully saturated rings. The number of dihydropyridines is 1. The molecule has 1 amide bonds. The molecule has 0 bridgehead atoms. The summed E-state index contributed by atoms with van der Waals surface area (Å²) < 4.78 is 9.96. The third kappa shape index (κ3) is 1.69. The minimum Gasteiger partial charge on any atom is -0.472 e. The minimum atomic E-state index is -0.565. The highest BCUT2D eigenvalue weighted by Crippen LogP contribution is 2.22. The van der Waals surface area contributed by atoms with Gasteiger partial charge in [-0.05, 0) is 12.1 Å². The highest BCUT2D eigenvalue weighted by atomic mass is 16.5. The van der Waals surface area contributed by atoms with E-state index < -0.39 is 5.92 Å². The standard InChI is InChI=1S/C11H7N3O3/c15-10-8(2-1-4-12-10)9-13-11(17-14-9)7-3-5-16-6-7/h1-6,8H. The first kappa shape index (κ1) is 9.71. The molecule has 0 spiro atoms. The second-order valence-corrected chi connectivity index (χ2v) is 3.45. The van der Waals surface area contributed by atoms with Crippen molar-refractivity contribution in [2.24, 2.45) is 4.99 Å². The van der Waals surface area contributed by atoms with Crippen molar-refractivity contribution in [2.75, 3.05) is 0 Å². The molecule has 3 rings (SSSR count). The number of carbonyl (C=O) groups is 1. The number of hydrogen-bond donors (Lipinski definition) is 0. The Kier molecular flexibility index (Phi) is 2.18. The molecule has 0 N–H and O–H groups in total. The van der Waals surface area contributed by atoms with Crippen molar-refractivity contribution in [3.63, 3.8) is 0 Å². The van der Waals surface area contributed by atoms with Gasteiger partial charge in [0.05, 0.1) is 11.8 Å². The first-order chi connectivity index (χ1) is 8.34. The highest BCUT2D eigenvalue weighted by molar-refractivity contribution is 5.96. The third-order valence-corrected chi connectivity index (χ3v) is 2.35. The maximum Gasteiger partial charge on any atom is 0.261 e. The lowest BCUT2D eigenvalue weighted by Crippen LogP contribution is -2.12. The maximum atomic E-state index is 11.5. The maximum absolute atomic E-state index is 11.5. The summed E-state index contributed by atoms with van der Waals surface area (Å²) in [4.78, 5) is 19.3. The van der Waals surface area contributed by atoms with E-state index in [0.29, 0.717) is 17.3 Å². The van der Waals surface area contributed by atoms with Gasteiger partial charge in [-0.25, -0.2) is 4.99 Å². The lowest BCUT2D eigenvalue weighted by molar-refractivity contribution is -0.118. The van der Waals surface area contributed by atoms with Crippen LogP contribution in [-0.2, 0) is 4.79 Å². The van der Waals surface area contributed by atoms with E-state index in [1.54, 1.807) is 18.2 Å². The smallest absolute Gasteiger partial charge is 0.261 e. The van der Waals surface area contributed by atoms with Gasteiger partial charge < -0.3 is 8.94 Å². The quantitative estimate of drug-likeness (QED) is 0.780. The van der Waals surface area contributed by atoms with E-state index >= 15 is 0 Å². The van der Waals surface area contributed by atoms with Gasteiger partial charge in [-0.15, -0.1) is 0 Å². The summed E-state index contributed by atoms with van der Waals surface area (Å²) in [6.45, 7) is 0. The zero-order valence-corrected chi connectivity index (χ0v) is 8.61. The molecule has 0 aromatic carbocycles. The summed E-state index contributed by atoms with van der Waals surface area (Å²) >= 11 is 0. The third-order valence-electron chi connectivity index (χ3n) is 2.35. The SMILES string of the molecule is O=C1N=CC=CC1c1noc(-c2ccoc2)n1. The fourth-order valence-corrected chi connectivity index (χ4v) is 1.50. The van der Waals surface area contributed by atoms with Gasteiger partial charge in [-0.2, -0.15) is 4.98 Å². The van der Waals surface area contributed by atoms with Crippen molar-refractivity contribution < 1.29 is 13.7 Å². The van der Waals surface area contributed by atoms with Crippen LogP contribution in [0.25, 0.3) is 11.5 Å². The zero-order valence-electron chi connectivity index (χ0n) is 8.61. The molecule has 84 valence electrons. The Hall–Kier alpha value is -2.50. The van der Waals surface area contributed by atoms with Gasteiger partial charge >= 0.3 is 0 Å². The first-order valence-corrected chi connectivity index (χ1v) is 4.95. The van der Waals surface area contributed by atoms with Crippen LogP contribution in [0.4, 0.5) is 0 Å². The summed E-state index contributed by atoms with van der Waals surface area (Å²) in [5.74, 6) is -0.236. The van der Waals surface area contributed by atoms with Crippen molar-refractivity contribution in [1.29, 1.82) is 0 Å². The van der Waals surface area contributed by atoms with Crippen LogP contribution in [-0.4, -0.2) is 22.3 Å². The summed E-state index contributed by atoms with van der Waals surface area (Å²) in [7, 11) is 0. The molecule has 3 heterocycles. The summed E-state index contributed by atoms with van der Waals surface area (Å²) in [5, 5.41) is 3.77. The zero-order chi connectivity index (χ0) is 11.7. The second kappa shape index (κ2) is 3.82. The van der Waals surface area contributed by atoms with Crippen LogP contribution in [0.3, 0.4) is 0 Å². The fourth-order valence-electron chi connectivity index (χ4n) is 1.50. The molecule has 0 aliphatic carbocycles. The van der Waals surface area contributed by atoms with Crippen LogP contribution >= 0.6 is 0 Å². The van der Waals surface area contributed by atoms with Crippen molar-refractivity contribution in [1.82, 2.24) is 10.1 Å². The molecule has 2 aromatic rings. The molecule has 1 aliphatic rings. The van der Waals surface area contributed by atoms with Gasteiger partial charge in [0.1, 0.15) is 12.2 Å². The van der Waals surface area contributed by atoms with Crippen LogP contribution in [0.5, 0.6) is 0 Å². The van der Waals surface area contributed by atoms with Gasteiger partial charge in [-0.3, -0.25) is 4.79 Å². The Bertz CT molecular complexity index is 595. The van der Waals surface area contributed by atoms with Crippen LogP contribution in [0.1, 0.15) is 11.7 Å². The van der Waals surface area contributed by atoms with Crippen LogP contribution in [0.2, 0.25) is 0 Å². The van der Waals surface area contributed by atoms with E-state index in [1.807, 2.05) is 0 Å². The van der Waals surface area contributed by atoms with Crippen molar-refractivity contribution in [2.45, 2.75) is 5.92 Å². The number of hydrogen-bond acceptors (Lipinski definition) is 5. The molecule has 0 radical (unpaired) electrons. The predicted octanol–water partition coefficient (Wildman–Crippen LogP) is 1.58. The van der Waals surface area contributed by atoms with Crippen LogP contribution < -0.4 is 0 Å². The molecule has 1 unspecified atom stereocenters. The van der Waals surface area contributed by atoms with Gasteiger partial charge in [0.15, 0.2) is 5.82 Å². The fraction of sp³-hybridized carbons (Fsp3) is 0.0909. The minimum absolute atomic E-state index is 0.299. The Morgan fingerprint density at radius 1 is 1.35 bits per heavy atom. The number of nitrogens with zero attached hydrogens (tertiary/aromatic N) is 3. The van der Waals surface area contributed by atoms with E-state index in [2.05, 4.69) is 15.1 Å². The number of allylic oxidation sites excluding steroid dienone is 1. The number of amides is 1. The lowest BCUT2D eigenvalue weighted by Gasteiger charge is -2.04. The molecule has 2 aromatic heterocycles. The van der Waals surface area contributed by atoms with Crippen molar-refractivity contribution >= 4 is 12.1 Å². The molecule has 6 nitrogen and oxygen atoms in total. The van der Waals surface area contributed by atoms with Crippen molar-refractivity contribution in [3.05, 3.63) is 36.6 Å². The summed E-state index contributed by atoms with van der Waals surface area (Å²) in [6.07, 6.45) is 7.80. The van der Waals surface area contributed by atoms with Gasteiger partial charge in [0, 0.05) is 6.21 Å². The molecule has 1 atom stereocenters. The molecular weight excluding hydrogens is 222 g/mol. The van der Waals surface area contributed by atoms with Crippen LogP contribution in [0.15, 0.2) is 44.7 Å². The summed E-state index contributed by atoms with van der Waals surface area (Å²) in [5.41, 5.74) is 0.680. The number of aliphatic imine (C=N–C) groups is 1. The average Bonchev–Trinajstić information content (AvgIpc) is 3.00. The predicted molar refractivity (Wildman–Crippen MR) is 57.4 cm³/mol. The van der Waals surface area contributed by atoms with Gasteiger partial charge in [0.25, 0.3) is 11.8 Å². The summed E-state index contributed by atoms with van der Waals surface area (Å²) in [6, 6.07) is 1.70. The highest BCUT2D eigenvalue weighted by Gasteiger charge is 2.24. The van der Waals surface area contributed by atoms with Crippen LogP contribution in [0, 0.1) is 0 Å². The Morgan fingerprint density at radius 2 is 2.29 bits per heavy atom. The number of aromatic nitrogens is 2. The molecule has 6 heteroatoms. The topological polar surface area (TPSA) is 81.5 Å². The monoisotopic (exact) mass is 229 g/mol. The van der Waals surface area contributed by atoms with Gasteiger partial charge in [-0.1, -0.05) is 11.2 Å². The largest absolute Gasteiger partial charge is 0.472 e. The number of rotatable bonds is 2. The van der Waals surface area contributed by atoms with Crippen molar-refractivity contribution in [3.8, 4) is 11.5 Å². The first-order valence-electron chi connectivity index (χ1n) is 4.95. The second-order valence-electron chi connectivity index (χ2n) is 3.45.